The molecule has 1 aromatic rings. The number of alkyl carbamates (subject to hydrolysis) is 1. The van der Waals surface area contributed by atoms with E-state index in [0.29, 0.717) is 0 Å². The van der Waals surface area contributed by atoms with Crippen LogP contribution in [0.3, 0.4) is 0 Å². The van der Waals surface area contributed by atoms with Gasteiger partial charge in [-0.05, 0) is 5.56 Å². The molecule has 0 saturated carbocycles. The number of carbonyl (C=O) groups is 3. The fourth-order valence-electron chi connectivity index (χ4n) is 1.97. The number of β-lactam (4-membered cyclic amide) rings is 1. The molecular weight excluding hydrogens is 353 g/mol. The summed E-state index contributed by atoms with van der Waals surface area (Å²) in [5, 5.41) is 4.33. The molecule has 0 aromatic heterocycles. The van der Waals surface area contributed by atoms with E-state index in [1.165, 1.54) is 0 Å². The van der Waals surface area contributed by atoms with E-state index in [-0.39, 0.29) is 13.2 Å². The highest BCUT2D eigenvalue weighted by Gasteiger charge is 2.44. The number of urea groups is 1. The topological polar surface area (TPSA) is 123 Å². The lowest BCUT2D eigenvalue weighted by Crippen LogP contribution is -2.66. The Kier molecular flexibility index (Phi) is 6.13. The van der Waals surface area contributed by atoms with Crippen molar-refractivity contribution in [3.63, 3.8) is 0 Å². The molecule has 2 N–H and O–H groups in total. The van der Waals surface area contributed by atoms with Crippen LogP contribution in [0, 0.1) is 0 Å². The molecule has 0 radical (unpaired) electrons. The third kappa shape index (κ3) is 4.79. The van der Waals surface area contributed by atoms with Crippen molar-refractivity contribution in [1.29, 1.82) is 0 Å². The minimum atomic E-state index is -3.79. The Morgan fingerprint density at radius 1 is 1.24 bits per heavy atom. The van der Waals surface area contributed by atoms with Crippen LogP contribution in [-0.4, -0.2) is 49.7 Å². The smallest absolute Gasteiger partial charge is 0.435 e. The number of imide groups is 1. The molecule has 1 atom stereocenters. The third-order valence-electron chi connectivity index (χ3n) is 3.39. The molecule has 1 aliphatic heterocycles. The first-order valence-corrected chi connectivity index (χ1v) is 8.75. The molecule has 11 heteroatoms. The van der Waals surface area contributed by atoms with Crippen LogP contribution in [0.4, 0.5) is 9.59 Å². The van der Waals surface area contributed by atoms with Crippen molar-refractivity contribution >= 4 is 25.8 Å². The molecule has 1 unspecified atom stereocenters. The Balaban J connectivity index is 1.77. The van der Waals surface area contributed by atoms with Gasteiger partial charge in [-0.15, -0.1) is 0 Å². The maximum absolute atomic E-state index is 11.9. The molecule has 1 heterocycles. The summed E-state index contributed by atoms with van der Waals surface area (Å²) in [6, 6.07) is 7.20. The number of hydrogen-bond acceptors (Lipinski definition) is 7. The fourth-order valence-corrected chi connectivity index (χ4v) is 2.65. The highest BCUT2D eigenvalue weighted by atomic mass is 31.2. The fraction of sp³-hybridized carbons (Fsp3) is 0.357. The SMILES string of the molecule is COP(=O)(NC(=O)N1CC(NC(=O)OCc2ccccc2)C1=O)OC. The van der Waals surface area contributed by atoms with E-state index in [9.17, 15) is 18.9 Å². The van der Waals surface area contributed by atoms with E-state index in [0.717, 1.165) is 24.7 Å². The maximum atomic E-state index is 11.9. The first kappa shape index (κ1) is 18.9. The van der Waals surface area contributed by atoms with Crippen molar-refractivity contribution in [3.05, 3.63) is 35.9 Å². The van der Waals surface area contributed by atoms with Crippen LogP contribution < -0.4 is 10.4 Å². The van der Waals surface area contributed by atoms with Crippen molar-refractivity contribution in [1.82, 2.24) is 15.3 Å². The highest BCUT2D eigenvalue weighted by Crippen LogP contribution is 2.41. The second-order valence-corrected chi connectivity index (χ2v) is 6.94. The zero-order chi connectivity index (χ0) is 18.4. The normalized spacial score (nSPS) is 16.8. The zero-order valence-electron chi connectivity index (χ0n) is 13.6. The van der Waals surface area contributed by atoms with Gasteiger partial charge >= 0.3 is 19.9 Å². The molecule has 10 nitrogen and oxygen atoms in total. The lowest BCUT2D eigenvalue weighted by Gasteiger charge is -2.36. The minimum Gasteiger partial charge on any atom is -0.445 e. The number of likely N-dealkylation sites (tertiary alicyclic amines) is 1. The van der Waals surface area contributed by atoms with E-state index in [4.69, 9.17) is 4.74 Å². The Morgan fingerprint density at radius 3 is 2.44 bits per heavy atom. The van der Waals surface area contributed by atoms with Gasteiger partial charge in [-0.3, -0.25) is 18.7 Å². The summed E-state index contributed by atoms with van der Waals surface area (Å²) in [5.41, 5.74) is 0.800. The number of nitrogens with zero attached hydrogens (tertiary/aromatic N) is 1. The van der Waals surface area contributed by atoms with Gasteiger partial charge in [0.05, 0.1) is 6.54 Å². The van der Waals surface area contributed by atoms with Crippen molar-refractivity contribution in [2.75, 3.05) is 20.8 Å². The summed E-state index contributed by atoms with van der Waals surface area (Å²) >= 11 is 0. The van der Waals surface area contributed by atoms with Crippen LogP contribution >= 0.6 is 7.75 Å². The van der Waals surface area contributed by atoms with Crippen molar-refractivity contribution in [2.45, 2.75) is 12.6 Å². The lowest BCUT2D eigenvalue weighted by molar-refractivity contribution is -0.139. The van der Waals surface area contributed by atoms with Gasteiger partial charge in [-0.2, -0.15) is 0 Å². The summed E-state index contributed by atoms with van der Waals surface area (Å²) in [7, 11) is -1.61. The van der Waals surface area contributed by atoms with Gasteiger partial charge in [0.25, 0.3) is 5.91 Å². The largest absolute Gasteiger partial charge is 0.445 e. The number of hydrogen-bond donors (Lipinski definition) is 2. The summed E-state index contributed by atoms with van der Waals surface area (Å²) < 4.78 is 25.9. The zero-order valence-corrected chi connectivity index (χ0v) is 14.5. The predicted molar refractivity (Wildman–Crippen MR) is 85.4 cm³/mol. The van der Waals surface area contributed by atoms with Crippen molar-refractivity contribution in [3.8, 4) is 0 Å². The molecule has 25 heavy (non-hydrogen) atoms. The molecule has 1 aliphatic rings. The van der Waals surface area contributed by atoms with Crippen LogP contribution in [-0.2, 0) is 29.8 Å². The summed E-state index contributed by atoms with van der Waals surface area (Å²) in [5.74, 6) is -0.659. The van der Waals surface area contributed by atoms with Gasteiger partial charge < -0.3 is 10.1 Å². The number of rotatable bonds is 6. The average Bonchev–Trinajstić information content (AvgIpc) is 2.63. The molecule has 1 saturated heterocycles. The van der Waals surface area contributed by atoms with Crippen LogP contribution in [0.1, 0.15) is 5.56 Å². The Hall–Kier alpha value is -2.42. The summed E-state index contributed by atoms with van der Waals surface area (Å²) in [6.45, 7) is -0.0266. The van der Waals surface area contributed by atoms with Gasteiger partial charge in [0.1, 0.15) is 12.6 Å². The molecule has 1 fully saturated rings. The predicted octanol–water partition coefficient (Wildman–Crippen LogP) is 1.23. The van der Waals surface area contributed by atoms with Crippen LogP contribution in [0.5, 0.6) is 0 Å². The Morgan fingerprint density at radius 2 is 1.88 bits per heavy atom. The number of amides is 4. The van der Waals surface area contributed by atoms with E-state index in [2.05, 4.69) is 14.4 Å². The molecule has 136 valence electrons. The molecule has 0 spiro atoms. The minimum absolute atomic E-state index is 0.0582. The monoisotopic (exact) mass is 371 g/mol. The third-order valence-corrected chi connectivity index (χ3v) is 4.82. The van der Waals surface area contributed by atoms with E-state index >= 15 is 0 Å². The standard InChI is InChI=1S/C14H18N3O7P/c1-22-25(21,23-2)16-13(19)17-8-11(12(17)18)15-14(20)24-9-10-6-4-3-5-7-10/h3-7,11H,8-9H2,1-2H3,(H,15,20)(H,16,19,21). The number of carbonyl (C=O) groups excluding carboxylic acids is 3. The van der Waals surface area contributed by atoms with Gasteiger partial charge in [0, 0.05) is 14.2 Å². The summed E-state index contributed by atoms with van der Waals surface area (Å²) in [4.78, 5) is 36.2. The van der Waals surface area contributed by atoms with Gasteiger partial charge in [-0.1, -0.05) is 30.3 Å². The number of nitrogens with one attached hydrogen (secondary N) is 2. The molecule has 1 aromatic carbocycles. The van der Waals surface area contributed by atoms with Crippen molar-refractivity contribution < 1.29 is 32.7 Å². The molecular formula is C14H18N3O7P. The van der Waals surface area contributed by atoms with Gasteiger partial charge in [-0.25, -0.2) is 19.2 Å². The lowest BCUT2D eigenvalue weighted by atomic mass is 10.1. The van der Waals surface area contributed by atoms with E-state index in [1.807, 2.05) is 11.2 Å². The quantitative estimate of drug-likeness (QED) is 0.569. The first-order valence-electron chi connectivity index (χ1n) is 7.21. The number of ether oxygens (including phenoxy) is 1. The molecule has 0 bridgehead atoms. The first-order chi connectivity index (χ1) is 11.9. The second-order valence-electron chi connectivity index (χ2n) is 4.99. The molecule has 4 amide bonds. The van der Waals surface area contributed by atoms with E-state index < -0.39 is 31.8 Å². The van der Waals surface area contributed by atoms with Crippen molar-refractivity contribution in [2.24, 2.45) is 0 Å². The van der Waals surface area contributed by atoms with Gasteiger partial charge in [0.2, 0.25) is 0 Å². The highest BCUT2D eigenvalue weighted by molar-refractivity contribution is 7.52. The summed E-state index contributed by atoms with van der Waals surface area (Å²) in [6.07, 6.45) is -0.776. The number of benzene rings is 1. The van der Waals surface area contributed by atoms with Crippen LogP contribution in [0.15, 0.2) is 30.3 Å². The van der Waals surface area contributed by atoms with Crippen LogP contribution in [0.2, 0.25) is 0 Å². The van der Waals surface area contributed by atoms with E-state index in [1.54, 1.807) is 24.3 Å². The maximum Gasteiger partial charge on any atom is 0.435 e. The second kappa shape index (κ2) is 8.11. The average molecular weight is 371 g/mol. The Bertz CT molecular complexity index is 689. The Labute approximate surface area is 144 Å². The molecule has 0 aliphatic carbocycles. The van der Waals surface area contributed by atoms with Crippen LogP contribution in [0.25, 0.3) is 0 Å². The molecule has 2 rings (SSSR count). The van der Waals surface area contributed by atoms with Gasteiger partial charge in [0.15, 0.2) is 0 Å².